The quantitative estimate of drug-likeness (QED) is 0.460. The van der Waals surface area contributed by atoms with Crippen LogP contribution in [-0.4, -0.2) is 23.4 Å². The maximum atomic E-state index is 11.5. The van der Waals surface area contributed by atoms with Crippen molar-refractivity contribution < 1.29 is 4.79 Å². The molecule has 0 bridgehead atoms. The lowest BCUT2D eigenvalue weighted by Crippen LogP contribution is -2.32. The Labute approximate surface area is 109 Å². The molecule has 0 fully saturated rings. The van der Waals surface area contributed by atoms with E-state index in [4.69, 9.17) is 5.84 Å². The highest BCUT2D eigenvalue weighted by Gasteiger charge is 2.11. The second-order valence-corrected chi connectivity index (χ2v) is 4.49. The molecule has 0 saturated heterocycles. The number of carbonyl (C=O) groups is 1. The largest absolute Gasteiger partial charge is 0.297 e. The van der Waals surface area contributed by atoms with Crippen LogP contribution < -0.4 is 11.3 Å². The Hall–Kier alpha value is -1.39. The van der Waals surface area contributed by atoms with Crippen molar-refractivity contribution >= 4 is 5.91 Å². The van der Waals surface area contributed by atoms with E-state index >= 15 is 0 Å². The van der Waals surface area contributed by atoms with Gasteiger partial charge in [0.2, 0.25) is 0 Å². The van der Waals surface area contributed by atoms with Gasteiger partial charge in [-0.15, -0.1) is 0 Å². The van der Waals surface area contributed by atoms with Gasteiger partial charge < -0.3 is 0 Å². The third-order valence-corrected chi connectivity index (χ3v) is 3.33. The number of hydrogen-bond donors (Lipinski definition) is 2. The first-order valence-electron chi connectivity index (χ1n) is 6.46. The van der Waals surface area contributed by atoms with Gasteiger partial charge in [0, 0.05) is 18.2 Å². The molecular weight excluding hydrogens is 226 g/mol. The Morgan fingerprint density at radius 2 is 2.17 bits per heavy atom. The van der Waals surface area contributed by atoms with Gasteiger partial charge in [-0.2, -0.15) is 0 Å². The van der Waals surface area contributed by atoms with Gasteiger partial charge in [0.05, 0.1) is 0 Å². The summed E-state index contributed by atoms with van der Waals surface area (Å²) >= 11 is 0. The first kappa shape index (κ1) is 14.7. The zero-order chi connectivity index (χ0) is 13.5. The van der Waals surface area contributed by atoms with E-state index in [1.54, 1.807) is 6.07 Å². The molecule has 0 aliphatic rings. The predicted octanol–water partition coefficient (Wildman–Crippen LogP) is 1.91. The molecule has 1 aromatic rings. The highest BCUT2D eigenvalue weighted by Crippen LogP contribution is 2.12. The van der Waals surface area contributed by atoms with Gasteiger partial charge in [-0.25, -0.2) is 5.84 Å². The highest BCUT2D eigenvalue weighted by atomic mass is 16.2. The molecule has 0 heterocycles. The molecule has 1 amide bonds. The molecule has 18 heavy (non-hydrogen) atoms. The average molecular weight is 249 g/mol. The molecule has 0 aromatic heterocycles. The van der Waals surface area contributed by atoms with Crippen molar-refractivity contribution in [2.45, 2.75) is 39.8 Å². The summed E-state index contributed by atoms with van der Waals surface area (Å²) in [5, 5.41) is 0. The second kappa shape index (κ2) is 7.13. The van der Waals surface area contributed by atoms with Crippen molar-refractivity contribution in [1.29, 1.82) is 0 Å². The Morgan fingerprint density at radius 1 is 1.44 bits per heavy atom. The van der Waals surface area contributed by atoms with E-state index in [9.17, 15) is 4.79 Å². The van der Waals surface area contributed by atoms with Gasteiger partial charge in [-0.05, 0) is 37.6 Å². The van der Waals surface area contributed by atoms with Gasteiger partial charge in [-0.1, -0.05) is 26.0 Å². The minimum Gasteiger partial charge on any atom is -0.297 e. The zero-order valence-corrected chi connectivity index (χ0v) is 11.4. The van der Waals surface area contributed by atoms with E-state index in [2.05, 4.69) is 31.1 Å². The summed E-state index contributed by atoms with van der Waals surface area (Å²) < 4.78 is 0. The van der Waals surface area contributed by atoms with Crippen molar-refractivity contribution in [3.63, 3.8) is 0 Å². The molecule has 0 aliphatic carbocycles. The lowest BCUT2D eigenvalue weighted by Gasteiger charge is -2.27. The number of carbonyl (C=O) groups excluding carboxylic acids is 1. The van der Waals surface area contributed by atoms with Crippen molar-refractivity contribution in [3.05, 3.63) is 35.4 Å². The molecule has 100 valence electrons. The Kier molecular flexibility index (Phi) is 5.82. The minimum absolute atomic E-state index is 0.247. The number of nitrogens with two attached hydrogens (primary N) is 1. The number of hydrazine groups is 1. The zero-order valence-electron chi connectivity index (χ0n) is 11.4. The standard InChI is InChI=1S/C14H23N3O/c1-4-11(3)17(5-2)10-12-7-6-8-13(9-12)14(18)16-15/h6-9,11H,4-5,10,15H2,1-3H3,(H,16,18). The highest BCUT2D eigenvalue weighted by molar-refractivity contribution is 5.93. The molecule has 1 unspecified atom stereocenters. The van der Waals surface area contributed by atoms with E-state index in [-0.39, 0.29) is 5.91 Å². The summed E-state index contributed by atoms with van der Waals surface area (Å²) in [5.74, 6) is 4.89. The van der Waals surface area contributed by atoms with Crippen LogP contribution in [0.15, 0.2) is 24.3 Å². The number of benzene rings is 1. The lowest BCUT2D eigenvalue weighted by molar-refractivity contribution is 0.0953. The minimum atomic E-state index is -0.247. The maximum Gasteiger partial charge on any atom is 0.265 e. The van der Waals surface area contributed by atoms with E-state index in [1.165, 1.54) is 0 Å². The van der Waals surface area contributed by atoms with Gasteiger partial charge >= 0.3 is 0 Å². The first-order valence-corrected chi connectivity index (χ1v) is 6.46. The van der Waals surface area contributed by atoms with Crippen LogP contribution in [0.4, 0.5) is 0 Å². The second-order valence-electron chi connectivity index (χ2n) is 4.49. The SMILES string of the molecule is CCC(C)N(CC)Cc1cccc(C(=O)NN)c1. The summed E-state index contributed by atoms with van der Waals surface area (Å²) in [6, 6.07) is 8.14. The molecule has 1 rings (SSSR count). The van der Waals surface area contributed by atoms with Gasteiger partial charge in [0.1, 0.15) is 0 Å². The lowest BCUT2D eigenvalue weighted by atomic mass is 10.1. The third-order valence-electron chi connectivity index (χ3n) is 3.33. The fourth-order valence-electron chi connectivity index (χ4n) is 1.97. The van der Waals surface area contributed by atoms with E-state index in [1.807, 2.05) is 18.2 Å². The van der Waals surface area contributed by atoms with Crippen molar-refractivity contribution in [3.8, 4) is 0 Å². The van der Waals surface area contributed by atoms with Crippen LogP contribution in [0, 0.1) is 0 Å². The van der Waals surface area contributed by atoms with Gasteiger partial charge in [0.15, 0.2) is 0 Å². The average Bonchev–Trinajstić information content (AvgIpc) is 2.43. The molecular formula is C14H23N3O. The normalized spacial score (nSPS) is 12.5. The van der Waals surface area contributed by atoms with E-state index in [0.717, 1.165) is 25.1 Å². The molecule has 4 heteroatoms. The number of nitrogens with zero attached hydrogens (tertiary/aromatic N) is 1. The maximum absolute atomic E-state index is 11.5. The molecule has 0 spiro atoms. The predicted molar refractivity (Wildman–Crippen MR) is 73.9 cm³/mol. The van der Waals surface area contributed by atoms with E-state index in [0.29, 0.717) is 11.6 Å². The van der Waals surface area contributed by atoms with Gasteiger partial charge in [0.25, 0.3) is 5.91 Å². The van der Waals surface area contributed by atoms with Gasteiger partial charge in [-0.3, -0.25) is 15.1 Å². The molecule has 0 aliphatic heterocycles. The number of amides is 1. The van der Waals surface area contributed by atoms with Crippen LogP contribution in [0.2, 0.25) is 0 Å². The van der Waals surface area contributed by atoms with Crippen LogP contribution in [0.25, 0.3) is 0 Å². The summed E-state index contributed by atoms with van der Waals surface area (Å²) in [5.41, 5.74) is 3.90. The van der Waals surface area contributed by atoms with Crippen LogP contribution >= 0.6 is 0 Å². The summed E-state index contributed by atoms with van der Waals surface area (Å²) in [4.78, 5) is 13.8. The summed E-state index contributed by atoms with van der Waals surface area (Å²) in [6.45, 7) is 8.42. The molecule has 4 nitrogen and oxygen atoms in total. The molecule has 0 saturated carbocycles. The number of nitrogen functional groups attached to an aromatic ring is 1. The van der Waals surface area contributed by atoms with Crippen molar-refractivity contribution in [1.82, 2.24) is 10.3 Å². The summed E-state index contributed by atoms with van der Waals surface area (Å²) in [6.07, 6.45) is 1.12. The van der Waals surface area contributed by atoms with Crippen LogP contribution in [0.1, 0.15) is 43.1 Å². The molecule has 1 atom stereocenters. The fourth-order valence-corrected chi connectivity index (χ4v) is 1.97. The van der Waals surface area contributed by atoms with Crippen LogP contribution in [0.3, 0.4) is 0 Å². The van der Waals surface area contributed by atoms with Crippen LogP contribution in [-0.2, 0) is 6.54 Å². The Bertz CT molecular complexity index is 392. The number of nitrogens with one attached hydrogen (secondary N) is 1. The molecule has 3 N–H and O–H groups in total. The topological polar surface area (TPSA) is 58.4 Å². The number of hydrogen-bond acceptors (Lipinski definition) is 3. The number of rotatable bonds is 6. The van der Waals surface area contributed by atoms with E-state index < -0.39 is 0 Å². The third kappa shape index (κ3) is 3.82. The Balaban J connectivity index is 2.80. The monoisotopic (exact) mass is 249 g/mol. The smallest absolute Gasteiger partial charge is 0.265 e. The molecule has 0 radical (unpaired) electrons. The summed E-state index contributed by atoms with van der Waals surface area (Å²) in [7, 11) is 0. The fraction of sp³-hybridized carbons (Fsp3) is 0.500. The van der Waals surface area contributed by atoms with Crippen molar-refractivity contribution in [2.75, 3.05) is 6.54 Å². The van der Waals surface area contributed by atoms with Crippen molar-refractivity contribution in [2.24, 2.45) is 5.84 Å². The molecule has 1 aromatic carbocycles. The first-order chi connectivity index (χ1) is 8.62. The van der Waals surface area contributed by atoms with Crippen LogP contribution in [0.5, 0.6) is 0 Å². The Morgan fingerprint density at radius 3 is 2.72 bits per heavy atom.